The first-order valence-electron chi connectivity index (χ1n) is 19.8. The lowest BCUT2D eigenvalue weighted by Crippen LogP contribution is -2.10. The van der Waals surface area contributed by atoms with Gasteiger partial charge in [0.25, 0.3) is 0 Å². The first-order valence-corrected chi connectivity index (χ1v) is 19.8. The highest BCUT2D eigenvalue weighted by molar-refractivity contribution is 6.09. The fourth-order valence-corrected chi connectivity index (χ4v) is 8.57. The van der Waals surface area contributed by atoms with Crippen molar-refractivity contribution in [2.24, 2.45) is 0 Å². The molecule has 11 rings (SSSR count). The van der Waals surface area contributed by atoms with Crippen molar-refractivity contribution >= 4 is 60.3 Å². The van der Waals surface area contributed by atoms with E-state index in [-0.39, 0.29) is 0 Å². The van der Waals surface area contributed by atoms with Gasteiger partial charge in [-0.15, -0.1) is 0 Å². The van der Waals surface area contributed by atoms with Gasteiger partial charge in [0.2, 0.25) is 0 Å². The number of benzene rings is 10. The summed E-state index contributed by atoms with van der Waals surface area (Å²) in [5.41, 5.74) is 12.3. The minimum Gasteiger partial charge on any atom is -0.456 e. The largest absolute Gasteiger partial charge is 0.456 e. The summed E-state index contributed by atoms with van der Waals surface area (Å²) in [6.07, 6.45) is 0. The van der Waals surface area contributed by atoms with E-state index in [1.165, 1.54) is 60.1 Å². The molecule has 0 unspecified atom stereocenters. The molecule has 0 fully saturated rings. The van der Waals surface area contributed by atoms with Crippen LogP contribution in [-0.2, 0) is 0 Å². The highest BCUT2D eigenvalue weighted by atomic mass is 16.3. The van der Waals surface area contributed by atoms with Gasteiger partial charge in [-0.2, -0.15) is 0 Å². The van der Waals surface area contributed by atoms with Crippen LogP contribution in [0, 0.1) is 0 Å². The van der Waals surface area contributed by atoms with Crippen LogP contribution in [0.2, 0.25) is 0 Å². The maximum atomic E-state index is 6.29. The Hall–Kier alpha value is -7.68. The van der Waals surface area contributed by atoms with E-state index in [9.17, 15) is 0 Å². The molecule has 0 radical (unpaired) electrons. The average molecular weight is 740 g/mol. The maximum absolute atomic E-state index is 6.29. The van der Waals surface area contributed by atoms with Crippen molar-refractivity contribution in [1.82, 2.24) is 0 Å². The summed E-state index contributed by atoms with van der Waals surface area (Å²) in [6, 6.07) is 80.8. The third-order valence-electron chi connectivity index (χ3n) is 11.4. The number of hydrogen-bond acceptors (Lipinski definition) is 2. The van der Waals surface area contributed by atoms with E-state index in [4.69, 9.17) is 4.42 Å². The van der Waals surface area contributed by atoms with Gasteiger partial charge in [0.15, 0.2) is 0 Å². The Bertz CT molecular complexity index is 3250. The molecule has 0 aliphatic rings. The van der Waals surface area contributed by atoms with Gasteiger partial charge >= 0.3 is 0 Å². The molecule has 0 saturated carbocycles. The van der Waals surface area contributed by atoms with E-state index in [1.54, 1.807) is 0 Å². The zero-order valence-electron chi connectivity index (χ0n) is 31.7. The molecule has 1 aromatic heterocycles. The third kappa shape index (κ3) is 6.00. The van der Waals surface area contributed by atoms with Crippen molar-refractivity contribution in [3.8, 4) is 44.7 Å². The maximum Gasteiger partial charge on any atom is 0.135 e. The minimum atomic E-state index is 0.870. The molecule has 0 aliphatic carbocycles. The van der Waals surface area contributed by atoms with Crippen LogP contribution in [-0.4, -0.2) is 0 Å². The minimum absolute atomic E-state index is 0.870. The lowest BCUT2D eigenvalue weighted by atomic mass is 9.94. The van der Waals surface area contributed by atoms with Crippen molar-refractivity contribution in [3.63, 3.8) is 0 Å². The number of anilines is 3. The van der Waals surface area contributed by atoms with E-state index >= 15 is 0 Å². The first-order chi connectivity index (χ1) is 28.7. The third-order valence-corrected chi connectivity index (χ3v) is 11.4. The molecule has 0 atom stereocenters. The quantitative estimate of drug-likeness (QED) is 0.151. The van der Waals surface area contributed by atoms with Crippen molar-refractivity contribution < 1.29 is 4.42 Å². The van der Waals surface area contributed by atoms with E-state index in [1.807, 2.05) is 18.2 Å². The summed E-state index contributed by atoms with van der Waals surface area (Å²) in [6.45, 7) is 0. The second-order valence-corrected chi connectivity index (χ2v) is 14.9. The number of para-hydroxylation sites is 1. The van der Waals surface area contributed by atoms with Crippen LogP contribution in [0.4, 0.5) is 17.1 Å². The molecule has 10 aromatic carbocycles. The van der Waals surface area contributed by atoms with Gasteiger partial charge < -0.3 is 9.32 Å². The fourth-order valence-electron chi connectivity index (χ4n) is 8.57. The van der Waals surface area contributed by atoms with Gasteiger partial charge in [-0.3, -0.25) is 0 Å². The smallest absolute Gasteiger partial charge is 0.135 e. The standard InChI is InChI=1S/C56H37NO/c1-2-12-38(13-3-1)41-16-11-19-48(36-41)57(47-29-26-39(27-30-47)42-28-31-50-44(34-42)25-24-40-14-4-6-20-49(40)50)54-33-32-51(52-21-7-8-22-53(52)54)43-17-10-18-45(35-43)56-37-46-15-5-9-23-55(46)58-56/h1-37H. The molecule has 0 amide bonds. The molecule has 0 aliphatic heterocycles. The summed E-state index contributed by atoms with van der Waals surface area (Å²) in [5, 5.41) is 8.53. The van der Waals surface area contributed by atoms with Gasteiger partial charge in [-0.25, -0.2) is 0 Å². The second-order valence-electron chi connectivity index (χ2n) is 14.9. The predicted molar refractivity (Wildman–Crippen MR) is 245 cm³/mol. The number of rotatable bonds is 7. The number of nitrogens with zero attached hydrogens (tertiary/aromatic N) is 1. The molecule has 0 bridgehead atoms. The molecule has 272 valence electrons. The topological polar surface area (TPSA) is 16.4 Å². The molecule has 0 N–H and O–H groups in total. The number of furan rings is 1. The van der Waals surface area contributed by atoms with Gasteiger partial charge in [-0.05, 0) is 115 Å². The van der Waals surface area contributed by atoms with Gasteiger partial charge in [0.1, 0.15) is 11.3 Å². The Morgan fingerprint density at radius 2 is 0.914 bits per heavy atom. The Balaban J connectivity index is 1.03. The van der Waals surface area contributed by atoms with Crippen molar-refractivity contribution in [2.75, 3.05) is 4.90 Å². The van der Waals surface area contributed by atoms with Crippen molar-refractivity contribution in [3.05, 3.63) is 224 Å². The molecular formula is C56H37NO. The average Bonchev–Trinajstić information content (AvgIpc) is 3.74. The van der Waals surface area contributed by atoms with E-state index < -0.39 is 0 Å². The summed E-state index contributed by atoms with van der Waals surface area (Å²) in [5.74, 6) is 0.870. The molecule has 0 spiro atoms. The van der Waals surface area contributed by atoms with Gasteiger partial charge in [-0.1, -0.05) is 170 Å². The SMILES string of the molecule is c1ccc(-c2cccc(N(c3ccc(-c4ccc5c(ccc6ccccc65)c4)cc3)c3ccc(-c4cccc(-c5cc6ccccc6o5)c4)c4ccccc34)c2)cc1. The number of hydrogen-bond donors (Lipinski definition) is 0. The molecule has 1 heterocycles. The Morgan fingerprint density at radius 3 is 1.78 bits per heavy atom. The van der Waals surface area contributed by atoms with Crippen LogP contribution in [0.3, 0.4) is 0 Å². The zero-order chi connectivity index (χ0) is 38.4. The molecule has 0 saturated heterocycles. The van der Waals surface area contributed by atoms with E-state index in [0.717, 1.165) is 44.9 Å². The Morgan fingerprint density at radius 1 is 0.293 bits per heavy atom. The lowest BCUT2D eigenvalue weighted by molar-refractivity contribution is 0.631. The van der Waals surface area contributed by atoms with Crippen molar-refractivity contribution in [1.29, 1.82) is 0 Å². The monoisotopic (exact) mass is 739 g/mol. The summed E-state index contributed by atoms with van der Waals surface area (Å²) in [7, 11) is 0. The number of fused-ring (bicyclic) bond motifs is 5. The van der Waals surface area contributed by atoms with Crippen LogP contribution in [0.15, 0.2) is 229 Å². The Kier molecular flexibility index (Phi) is 8.19. The zero-order valence-corrected chi connectivity index (χ0v) is 31.7. The molecule has 2 heteroatoms. The van der Waals surface area contributed by atoms with Crippen LogP contribution in [0.5, 0.6) is 0 Å². The van der Waals surface area contributed by atoms with Crippen molar-refractivity contribution in [2.45, 2.75) is 0 Å². The molecule has 11 aromatic rings. The highest BCUT2D eigenvalue weighted by Crippen LogP contribution is 2.44. The van der Waals surface area contributed by atoms with E-state index in [0.29, 0.717) is 0 Å². The fraction of sp³-hybridized carbons (Fsp3) is 0. The van der Waals surface area contributed by atoms with Crippen LogP contribution in [0.25, 0.3) is 88.0 Å². The summed E-state index contributed by atoms with van der Waals surface area (Å²) in [4.78, 5) is 2.40. The van der Waals surface area contributed by atoms with Gasteiger partial charge in [0.05, 0.1) is 5.69 Å². The first kappa shape index (κ1) is 33.6. The molecule has 58 heavy (non-hydrogen) atoms. The van der Waals surface area contributed by atoms with Crippen LogP contribution < -0.4 is 4.90 Å². The predicted octanol–water partition coefficient (Wildman–Crippen LogP) is 16.0. The van der Waals surface area contributed by atoms with Crippen LogP contribution >= 0.6 is 0 Å². The lowest BCUT2D eigenvalue weighted by Gasteiger charge is -2.28. The van der Waals surface area contributed by atoms with Crippen LogP contribution in [0.1, 0.15) is 0 Å². The molecular weight excluding hydrogens is 703 g/mol. The van der Waals surface area contributed by atoms with E-state index in [2.05, 4.69) is 211 Å². The summed E-state index contributed by atoms with van der Waals surface area (Å²) < 4.78 is 6.29. The highest BCUT2D eigenvalue weighted by Gasteiger charge is 2.19. The second kappa shape index (κ2) is 14.1. The molecule has 2 nitrogen and oxygen atoms in total. The Labute approximate surface area is 337 Å². The van der Waals surface area contributed by atoms with Gasteiger partial charge in [0, 0.05) is 27.7 Å². The summed E-state index contributed by atoms with van der Waals surface area (Å²) >= 11 is 0. The normalized spacial score (nSPS) is 11.4.